The van der Waals surface area contributed by atoms with Gasteiger partial charge in [-0.1, -0.05) is 12.1 Å². The van der Waals surface area contributed by atoms with Crippen LogP contribution in [0.25, 0.3) is 6.08 Å². The lowest BCUT2D eigenvalue weighted by molar-refractivity contribution is -0.384. The van der Waals surface area contributed by atoms with E-state index in [1.165, 1.54) is 24.3 Å². The van der Waals surface area contributed by atoms with Crippen molar-refractivity contribution in [3.63, 3.8) is 0 Å². The number of amides is 1. The monoisotopic (exact) mass is 313 g/mol. The molecular weight excluding hydrogens is 298 g/mol. The zero-order valence-corrected chi connectivity index (χ0v) is 12.4. The molecule has 0 heterocycles. The van der Waals surface area contributed by atoms with E-state index in [4.69, 9.17) is 10.6 Å². The number of ether oxygens (including phenoxy) is 1. The Morgan fingerprint density at radius 3 is 2.57 bits per heavy atom. The summed E-state index contributed by atoms with van der Waals surface area (Å²) in [6.45, 7) is 0. The van der Waals surface area contributed by atoms with Gasteiger partial charge in [-0.05, 0) is 35.9 Å². The normalized spacial score (nSPS) is 10.5. The average Bonchev–Trinajstić information content (AvgIpc) is 2.59. The maximum atomic E-state index is 12.0. The number of carbonyl (C=O) groups excluding carboxylic acids is 1. The summed E-state index contributed by atoms with van der Waals surface area (Å²) in [6, 6.07) is 12.6. The van der Waals surface area contributed by atoms with Crippen molar-refractivity contribution in [3.8, 4) is 5.75 Å². The van der Waals surface area contributed by atoms with Gasteiger partial charge in [0.1, 0.15) is 5.75 Å². The minimum atomic E-state index is -0.494. The molecule has 1 amide bonds. The lowest BCUT2D eigenvalue weighted by atomic mass is 10.2. The van der Waals surface area contributed by atoms with Gasteiger partial charge in [-0.2, -0.15) is 0 Å². The first-order chi connectivity index (χ1) is 11.0. The van der Waals surface area contributed by atoms with Crippen molar-refractivity contribution in [2.24, 2.45) is 5.84 Å². The number of nitrogens with zero attached hydrogens (tertiary/aromatic N) is 2. The topological polar surface area (TPSA) is 98.7 Å². The van der Waals surface area contributed by atoms with Crippen LogP contribution in [0.2, 0.25) is 0 Å². The fourth-order valence-corrected chi connectivity index (χ4v) is 1.86. The number of hydrazine groups is 1. The van der Waals surface area contributed by atoms with Crippen molar-refractivity contribution in [3.05, 3.63) is 70.3 Å². The summed E-state index contributed by atoms with van der Waals surface area (Å²) < 4.78 is 5.03. The Bertz CT molecular complexity index is 741. The second-order valence-electron chi connectivity index (χ2n) is 4.59. The lowest BCUT2D eigenvalue weighted by Crippen LogP contribution is -2.36. The number of hydrogen-bond acceptors (Lipinski definition) is 5. The molecule has 2 aromatic carbocycles. The second-order valence-corrected chi connectivity index (χ2v) is 4.59. The molecule has 0 aliphatic rings. The third-order valence-corrected chi connectivity index (χ3v) is 3.09. The van der Waals surface area contributed by atoms with E-state index in [1.807, 2.05) is 0 Å². The number of non-ortho nitro benzene ring substituents is 1. The molecule has 0 aliphatic heterocycles. The number of carbonyl (C=O) groups is 1. The standard InChI is InChI=1S/C16H15N3O4/c1-23-15-8-6-13(7-9-15)18(17)16(20)10-5-12-3-2-4-14(11-12)19(21)22/h2-11H,17H2,1H3. The predicted octanol–water partition coefficient (Wildman–Crippen LogP) is 2.52. The molecule has 23 heavy (non-hydrogen) atoms. The number of benzene rings is 2. The van der Waals surface area contributed by atoms with E-state index in [-0.39, 0.29) is 5.69 Å². The Morgan fingerprint density at radius 2 is 1.96 bits per heavy atom. The highest BCUT2D eigenvalue weighted by Gasteiger charge is 2.09. The number of nitro groups is 1. The Balaban J connectivity index is 2.10. The molecule has 0 bridgehead atoms. The van der Waals surface area contributed by atoms with Crippen molar-refractivity contribution in [2.45, 2.75) is 0 Å². The zero-order valence-electron chi connectivity index (χ0n) is 12.4. The third kappa shape index (κ3) is 4.14. The summed E-state index contributed by atoms with van der Waals surface area (Å²) in [7, 11) is 1.54. The van der Waals surface area contributed by atoms with Gasteiger partial charge in [-0.3, -0.25) is 14.9 Å². The van der Waals surface area contributed by atoms with Crippen molar-refractivity contribution in [1.29, 1.82) is 0 Å². The van der Waals surface area contributed by atoms with Crippen LogP contribution in [0.15, 0.2) is 54.6 Å². The minimum Gasteiger partial charge on any atom is -0.497 e. The Morgan fingerprint density at radius 1 is 1.26 bits per heavy atom. The highest BCUT2D eigenvalue weighted by Crippen LogP contribution is 2.18. The van der Waals surface area contributed by atoms with Crippen LogP contribution in [-0.2, 0) is 4.79 Å². The third-order valence-electron chi connectivity index (χ3n) is 3.09. The molecule has 118 valence electrons. The van der Waals surface area contributed by atoms with Gasteiger partial charge in [-0.15, -0.1) is 0 Å². The molecular formula is C16H15N3O4. The summed E-state index contributed by atoms with van der Waals surface area (Å²) >= 11 is 0. The predicted molar refractivity (Wildman–Crippen MR) is 86.8 cm³/mol. The molecule has 0 fully saturated rings. The van der Waals surface area contributed by atoms with E-state index < -0.39 is 10.8 Å². The second kappa shape index (κ2) is 7.19. The first kappa shape index (κ1) is 16.2. The van der Waals surface area contributed by atoms with Gasteiger partial charge in [0.05, 0.1) is 17.7 Å². The van der Waals surface area contributed by atoms with E-state index in [9.17, 15) is 14.9 Å². The van der Waals surface area contributed by atoms with Gasteiger partial charge < -0.3 is 4.74 Å². The van der Waals surface area contributed by atoms with Crippen LogP contribution in [0, 0.1) is 10.1 Å². The fourth-order valence-electron chi connectivity index (χ4n) is 1.86. The number of methoxy groups -OCH3 is 1. The Labute approximate surface area is 132 Å². The molecule has 7 nitrogen and oxygen atoms in total. The molecule has 2 N–H and O–H groups in total. The van der Waals surface area contributed by atoms with Crippen LogP contribution in [0.1, 0.15) is 5.56 Å². The lowest BCUT2D eigenvalue weighted by Gasteiger charge is -2.14. The van der Waals surface area contributed by atoms with E-state index in [0.717, 1.165) is 5.01 Å². The van der Waals surface area contributed by atoms with Gasteiger partial charge in [-0.25, -0.2) is 10.9 Å². The summed E-state index contributed by atoms with van der Waals surface area (Å²) in [5, 5.41) is 11.7. The number of hydrogen-bond donors (Lipinski definition) is 1. The van der Waals surface area contributed by atoms with Gasteiger partial charge >= 0.3 is 0 Å². The smallest absolute Gasteiger partial charge is 0.270 e. The molecule has 0 radical (unpaired) electrons. The highest BCUT2D eigenvalue weighted by molar-refractivity contribution is 6.03. The molecule has 0 spiro atoms. The van der Waals surface area contributed by atoms with Gasteiger partial charge in [0, 0.05) is 18.2 Å². The van der Waals surface area contributed by atoms with E-state index in [2.05, 4.69) is 0 Å². The van der Waals surface area contributed by atoms with E-state index >= 15 is 0 Å². The zero-order chi connectivity index (χ0) is 16.8. The van der Waals surface area contributed by atoms with Gasteiger partial charge in [0.15, 0.2) is 0 Å². The highest BCUT2D eigenvalue weighted by atomic mass is 16.6. The van der Waals surface area contributed by atoms with Crippen LogP contribution in [0.3, 0.4) is 0 Å². The molecule has 0 unspecified atom stereocenters. The van der Waals surface area contributed by atoms with Crippen LogP contribution < -0.4 is 15.6 Å². The van der Waals surface area contributed by atoms with Gasteiger partial charge in [0.25, 0.3) is 11.6 Å². The minimum absolute atomic E-state index is 0.0423. The quantitative estimate of drug-likeness (QED) is 0.301. The van der Waals surface area contributed by atoms with Gasteiger partial charge in [0.2, 0.25) is 0 Å². The fraction of sp³-hybridized carbons (Fsp3) is 0.0625. The largest absolute Gasteiger partial charge is 0.497 e. The molecule has 0 atom stereocenters. The van der Waals surface area contributed by atoms with Crippen LogP contribution in [0.5, 0.6) is 5.75 Å². The van der Waals surface area contributed by atoms with Crippen molar-refractivity contribution < 1.29 is 14.5 Å². The molecule has 0 saturated carbocycles. The Kier molecular flexibility index (Phi) is 5.06. The van der Waals surface area contributed by atoms with Crippen molar-refractivity contribution in [2.75, 3.05) is 12.1 Å². The number of nitro benzene ring substituents is 1. The van der Waals surface area contributed by atoms with Crippen molar-refractivity contribution in [1.82, 2.24) is 0 Å². The van der Waals surface area contributed by atoms with E-state index in [1.54, 1.807) is 43.5 Å². The SMILES string of the molecule is COc1ccc(N(N)C(=O)C=Cc2cccc([N+](=O)[O-])c2)cc1. The van der Waals surface area contributed by atoms with Crippen LogP contribution in [-0.4, -0.2) is 17.9 Å². The molecule has 0 aromatic heterocycles. The number of rotatable bonds is 5. The van der Waals surface area contributed by atoms with Crippen molar-refractivity contribution >= 4 is 23.4 Å². The summed E-state index contributed by atoms with van der Waals surface area (Å²) in [5.41, 5.74) is 0.995. The number of anilines is 1. The summed E-state index contributed by atoms with van der Waals surface area (Å²) in [6.07, 6.45) is 2.72. The first-order valence-electron chi connectivity index (χ1n) is 6.66. The summed E-state index contributed by atoms with van der Waals surface area (Å²) in [5.74, 6) is 5.95. The molecule has 2 rings (SSSR count). The molecule has 2 aromatic rings. The summed E-state index contributed by atoms with van der Waals surface area (Å²) in [4.78, 5) is 22.3. The van der Waals surface area contributed by atoms with Crippen LogP contribution >= 0.6 is 0 Å². The molecule has 7 heteroatoms. The first-order valence-corrected chi connectivity index (χ1v) is 6.66. The van der Waals surface area contributed by atoms with E-state index in [0.29, 0.717) is 17.0 Å². The molecule has 0 saturated heterocycles. The van der Waals surface area contributed by atoms with Crippen LogP contribution in [0.4, 0.5) is 11.4 Å². The molecule has 0 aliphatic carbocycles. The number of nitrogens with two attached hydrogens (primary N) is 1. The average molecular weight is 313 g/mol. The maximum absolute atomic E-state index is 12.0. The maximum Gasteiger partial charge on any atom is 0.270 e. The Hall–Kier alpha value is -3.19.